The van der Waals surface area contributed by atoms with Crippen LogP contribution in [0.15, 0.2) is 527 Å². The van der Waals surface area contributed by atoms with Crippen molar-refractivity contribution in [2.45, 2.75) is 0 Å². The number of rotatable bonds is 13. The van der Waals surface area contributed by atoms with Crippen LogP contribution in [0.2, 0.25) is 0 Å². The predicted octanol–water partition coefficient (Wildman–Crippen LogP) is 35.8. The molecular formula is C134H84N8O4. The molecule has 8 heterocycles. The van der Waals surface area contributed by atoms with Crippen molar-refractivity contribution in [2.24, 2.45) is 0 Å². The lowest BCUT2D eigenvalue weighted by Gasteiger charge is -2.13. The van der Waals surface area contributed by atoms with E-state index in [4.69, 9.17) is 57.5 Å². The first kappa shape index (κ1) is 86.5. The van der Waals surface area contributed by atoms with Gasteiger partial charge < -0.3 is 17.7 Å². The van der Waals surface area contributed by atoms with Crippen molar-refractivity contribution in [1.82, 2.24) is 39.9 Å². The molecule has 0 saturated heterocycles. The van der Waals surface area contributed by atoms with Crippen molar-refractivity contribution in [1.29, 1.82) is 0 Å². The molecular weight excluding hydrogens is 1790 g/mol. The number of aromatic nitrogens is 8. The van der Waals surface area contributed by atoms with E-state index in [1.807, 2.05) is 231 Å². The fourth-order valence-corrected chi connectivity index (χ4v) is 19.9. The van der Waals surface area contributed by atoms with Crippen LogP contribution in [0.1, 0.15) is 0 Å². The molecule has 12 nitrogen and oxygen atoms in total. The summed E-state index contributed by atoms with van der Waals surface area (Å²) in [5.74, 6) is 0. The maximum atomic E-state index is 6.28. The van der Waals surface area contributed by atoms with Crippen molar-refractivity contribution in [3.8, 4) is 146 Å². The van der Waals surface area contributed by atoms with Gasteiger partial charge in [0.2, 0.25) is 0 Å². The van der Waals surface area contributed by atoms with E-state index in [1.54, 1.807) is 0 Å². The highest BCUT2D eigenvalue weighted by molar-refractivity contribution is 6.12. The van der Waals surface area contributed by atoms with Crippen molar-refractivity contribution >= 4 is 132 Å². The normalized spacial score (nSPS) is 11.4. The molecule has 0 bridgehead atoms. The van der Waals surface area contributed by atoms with E-state index in [1.165, 1.54) is 0 Å². The second kappa shape index (κ2) is 37.7. The highest BCUT2D eigenvalue weighted by Crippen LogP contribution is 2.45. The summed E-state index contributed by atoms with van der Waals surface area (Å²) in [7, 11) is 0. The minimum atomic E-state index is 0.856. The second-order valence-electron chi connectivity index (χ2n) is 36.2. The zero-order chi connectivity index (χ0) is 96.7. The van der Waals surface area contributed by atoms with E-state index in [-0.39, 0.29) is 0 Å². The Bertz CT molecular complexity index is 10000. The number of para-hydroxylation sites is 6. The van der Waals surface area contributed by atoms with E-state index in [2.05, 4.69) is 279 Å². The summed E-state index contributed by atoms with van der Waals surface area (Å²) in [4.78, 5) is 41.0. The van der Waals surface area contributed by atoms with Gasteiger partial charge in [-0.3, -0.25) is 0 Å². The Balaban J connectivity index is 0.0000000991. The van der Waals surface area contributed by atoms with Crippen LogP contribution in [0.5, 0.6) is 0 Å². The maximum absolute atomic E-state index is 6.28. The van der Waals surface area contributed by atoms with Gasteiger partial charge in [0.25, 0.3) is 0 Å². The van der Waals surface area contributed by atoms with Gasteiger partial charge in [-0.25, -0.2) is 39.9 Å². The van der Waals surface area contributed by atoms with Crippen molar-refractivity contribution in [3.63, 3.8) is 0 Å². The number of furan rings is 4. The van der Waals surface area contributed by atoms with Gasteiger partial charge in [-0.15, -0.1) is 0 Å². The van der Waals surface area contributed by atoms with Crippen LogP contribution in [-0.2, 0) is 0 Å². The Hall–Kier alpha value is -19.8. The first-order valence-corrected chi connectivity index (χ1v) is 48.8. The molecule has 0 aliphatic carbocycles. The van der Waals surface area contributed by atoms with Gasteiger partial charge in [-0.1, -0.05) is 400 Å². The van der Waals surface area contributed by atoms with Gasteiger partial charge in [0.15, 0.2) is 0 Å². The van der Waals surface area contributed by atoms with E-state index in [9.17, 15) is 0 Å². The number of nitrogens with zero attached hydrogens (tertiary/aromatic N) is 8. The largest absolute Gasteiger partial charge is 0.456 e. The average Bonchev–Trinajstić information content (AvgIpc) is 1.61. The molecule has 0 fully saturated rings. The van der Waals surface area contributed by atoms with Crippen LogP contribution < -0.4 is 0 Å². The van der Waals surface area contributed by atoms with Crippen molar-refractivity contribution < 1.29 is 17.7 Å². The topological polar surface area (TPSA) is 156 Å². The van der Waals surface area contributed by atoms with Gasteiger partial charge in [0, 0.05) is 98.7 Å². The zero-order valence-corrected chi connectivity index (χ0v) is 78.7. The highest BCUT2D eigenvalue weighted by Gasteiger charge is 2.24. The van der Waals surface area contributed by atoms with E-state index in [0.717, 1.165) is 278 Å². The molecule has 0 saturated carbocycles. The summed E-state index contributed by atoms with van der Waals surface area (Å²) < 4.78 is 24.6. The van der Waals surface area contributed by atoms with Crippen LogP contribution in [0.3, 0.4) is 0 Å². The molecule has 29 aromatic rings. The Kier molecular flexibility index (Phi) is 22.4. The molecule has 0 amide bonds. The Labute approximate surface area is 838 Å². The van der Waals surface area contributed by atoms with Crippen LogP contribution >= 0.6 is 0 Å². The fraction of sp³-hybridized carbons (Fsp3) is 0. The molecule has 0 N–H and O–H groups in total. The second-order valence-corrected chi connectivity index (χ2v) is 36.2. The molecule has 8 aromatic heterocycles. The lowest BCUT2D eigenvalue weighted by molar-refractivity contribution is 0.668. The molecule has 0 atom stereocenters. The molecule has 0 unspecified atom stereocenters. The smallest absolute Gasteiger partial charge is 0.143 e. The summed E-state index contributed by atoms with van der Waals surface area (Å²) in [6.07, 6.45) is 0. The predicted molar refractivity (Wildman–Crippen MR) is 598 cm³/mol. The summed E-state index contributed by atoms with van der Waals surface area (Å²) in [6, 6.07) is 174. The van der Waals surface area contributed by atoms with Gasteiger partial charge in [0.1, 0.15) is 44.7 Å². The van der Waals surface area contributed by atoms with Crippen LogP contribution in [0.4, 0.5) is 0 Å². The third kappa shape index (κ3) is 16.7. The Morgan fingerprint density at radius 2 is 0.363 bits per heavy atom. The zero-order valence-electron chi connectivity index (χ0n) is 78.7. The molecule has 21 aromatic carbocycles. The van der Waals surface area contributed by atoms with Gasteiger partial charge in [-0.05, 0) is 154 Å². The Morgan fingerprint density at radius 1 is 0.116 bits per heavy atom. The van der Waals surface area contributed by atoms with Gasteiger partial charge in [-0.2, -0.15) is 0 Å². The Morgan fingerprint density at radius 3 is 0.767 bits per heavy atom. The third-order valence-corrected chi connectivity index (χ3v) is 27.1. The average molecular weight is 1870 g/mol. The van der Waals surface area contributed by atoms with E-state index >= 15 is 0 Å². The van der Waals surface area contributed by atoms with Crippen molar-refractivity contribution in [2.75, 3.05) is 0 Å². The highest BCUT2D eigenvalue weighted by atomic mass is 16.3. The summed E-state index contributed by atoms with van der Waals surface area (Å²) >= 11 is 0. The third-order valence-electron chi connectivity index (χ3n) is 27.1. The van der Waals surface area contributed by atoms with Gasteiger partial charge in [0.05, 0.1) is 89.7 Å². The number of hydrogen-bond donors (Lipinski definition) is 0. The summed E-state index contributed by atoms with van der Waals surface area (Å²) in [5.41, 5.74) is 40.6. The molecule has 0 radical (unpaired) electrons. The molecule has 684 valence electrons. The van der Waals surface area contributed by atoms with Crippen LogP contribution in [0.25, 0.3) is 278 Å². The van der Waals surface area contributed by atoms with Crippen LogP contribution in [-0.4, -0.2) is 39.9 Å². The number of hydrogen-bond acceptors (Lipinski definition) is 12. The molecule has 0 aliphatic heterocycles. The summed E-state index contributed by atoms with van der Waals surface area (Å²) in [6.45, 7) is 0. The van der Waals surface area contributed by atoms with E-state index < -0.39 is 0 Å². The SMILES string of the molecule is c1ccc(-c2nc3ccc(-c4ccc5c(c4)oc4ccccc45)cc3nc2-c2ccccc2)cc1.c1ccc(-c2nc3ccc(-c4cccc(-c5ccc6c(c5)oc5ccccc56)c4)cc3nc2-c2ccccc2)cc1.c1ccc(-c2nc3ccc(-c4cccc5c4oc4ccccc45)cc3nc2-c2ccccc2)cc1.c1ccc(-c2nc3cccc(-c4ccc5oc6ccccc6c5c4)c3nc2-c2ccccc2)cc1. The first-order chi connectivity index (χ1) is 72.3. The molecule has 29 rings (SSSR count). The first-order valence-electron chi connectivity index (χ1n) is 48.8. The lowest BCUT2D eigenvalue weighted by Crippen LogP contribution is -1.97. The molecule has 12 heteroatoms. The van der Waals surface area contributed by atoms with Gasteiger partial charge >= 0.3 is 0 Å². The van der Waals surface area contributed by atoms with E-state index in [0.29, 0.717) is 0 Å². The lowest BCUT2D eigenvalue weighted by atomic mass is 9.97. The standard InChI is InChI=1S/C38H24N2O.3C32H20N2O/c1-3-10-25(11-4-1)37-38(26-12-5-2-6-13-26)40-34-23-29(19-21-33(34)39-37)27-14-9-15-28(22-27)30-18-20-32-31-16-7-8-17-35(31)41-36(32)24-30;1-3-10-21(11-4-1)30-31(22-12-5-2-6-13-22)34-32-24(15-9-16-27(32)33-30)23-18-19-29-26(20-23)25-14-7-8-17-28(25)35-29;1-3-10-21(11-4-1)30-31(22-12-5-2-6-13-22)34-28-20-23(18-19-27(28)33-30)24-15-9-16-26-25-14-7-8-17-29(25)35-32(24)26;1-3-9-21(10-4-1)31-32(22-11-5-2-6-12-22)34-28-19-23(16-18-27(28)33-31)24-15-17-26-25-13-7-8-14-29(25)35-30(26)20-24/h1-24H;3*1-20H. The maximum Gasteiger partial charge on any atom is 0.143 e. The minimum absolute atomic E-state index is 0.856. The fourth-order valence-electron chi connectivity index (χ4n) is 19.9. The number of fused-ring (bicyclic) bond motifs is 16. The summed E-state index contributed by atoms with van der Waals surface area (Å²) in [5, 5.41) is 9.02. The monoisotopic (exact) mass is 1870 g/mol. The quantitative estimate of drug-likeness (QED) is 0.108. The number of benzene rings is 21. The van der Waals surface area contributed by atoms with Crippen LogP contribution in [0, 0.1) is 0 Å². The molecule has 0 aliphatic rings. The van der Waals surface area contributed by atoms with Crippen molar-refractivity contribution in [3.05, 3.63) is 510 Å². The molecule has 146 heavy (non-hydrogen) atoms. The molecule has 0 spiro atoms. The minimum Gasteiger partial charge on any atom is -0.456 e.